The number of carbonyl (C=O) groups excluding carboxylic acids is 1. The molecule has 0 N–H and O–H groups in total. The van der Waals surface area contributed by atoms with Gasteiger partial charge >= 0.3 is 0 Å². The first-order chi connectivity index (χ1) is 11.3. The molecule has 2 aromatic rings. The summed E-state index contributed by atoms with van der Waals surface area (Å²) in [6.07, 6.45) is 3.90. The van der Waals surface area contributed by atoms with Gasteiger partial charge in [-0.15, -0.1) is 0 Å². The molecule has 0 saturated carbocycles. The molecule has 23 heavy (non-hydrogen) atoms. The fourth-order valence-corrected chi connectivity index (χ4v) is 3.10. The van der Waals surface area contributed by atoms with E-state index in [1.807, 2.05) is 42.5 Å². The molecule has 3 nitrogen and oxygen atoms in total. The van der Waals surface area contributed by atoms with Crippen molar-refractivity contribution in [2.24, 2.45) is 0 Å². The first-order valence-corrected chi connectivity index (χ1v) is 8.26. The number of benzene rings is 2. The lowest BCUT2D eigenvalue weighted by Crippen LogP contribution is -2.29. The molecule has 0 atom stereocenters. The van der Waals surface area contributed by atoms with Gasteiger partial charge in [0.2, 0.25) is 0 Å². The molecule has 3 heteroatoms. The van der Waals surface area contributed by atoms with Gasteiger partial charge in [0, 0.05) is 17.7 Å². The largest absolute Gasteiger partial charge is 0.497 e. The van der Waals surface area contributed by atoms with Crippen LogP contribution in [-0.2, 0) is 6.54 Å². The molecule has 1 aliphatic heterocycles. The monoisotopic (exact) mass is 309 g/mol. The minimum atomic E-state index is 0.0631. The van der Waals surface area contributed by atoms with Gasteiger partial charge in [-0.05, 0) is 61.8 Å². The molecule has 0 aliphatic carbocycles. The van der Waals surface area contributed by atoms with Gasteiger partial charge in [0.15, 0.2) is 5.78 Å². The van der Waals surface area contributed by atoms with E-state index in [1.165, 1.54) is 24.8 Å². The average molecular weight is 309 g/mol. The van der Waals surface area contributed by atoms with Crippen molar-refractivity contribution < 1.29 is 9.53 Å². The zero-order valence-corrected chi connectivity index (χ0v) is 13.6. The summed E-state index contributed by atoms with van der Waals surface area (Å²) in [5, 5.41) is 0. The fourth-order valence-electron chi connectivity index (χ4n) is 3.10. The van der Waals surface area contributed by atoms with Crippen LogP contribution in [0.15, 0.2) is 48.5 Å². The Balaban J connectivity index is 1.73. The zero-order valence-electron chi connectivity index (χ0n) is 13.6. The summed E-state index contributed by atoms with van der Waals surface area (Å²) in [7, 11) is 1.63. The van der Waals surface area contributed by atoms with E-state index in [-0.39, 0.29) is 5.78 Å². The quantitative estimate of drug-likeness (QED) is 0.784. The topological polar surface area (TPSA) is 29.5 Å². The second kappa shape index (κ2) is 7.42. The molecular weight excluding hydrogens is 286 g/mol. The Kier molecular flexibility index (Phi) is 5.09. The zero-order chi connectivity index (χ0) is 16.1. The first kappa shape index (κ1) is 15.8. The number of ketones is 1. The van der Waals surface area contributed by atoms with Crippen LogP contribution in [0.25, 0.3) is 0 Å². The fraction of sp³-hybridized carbons (Fsp3) is 0.350. The van der Waals surface area contributed by atoms with Crippen LogP contribution in [0.4, 0.5) is 0 Å². The van der Waals surface area contributed by atoms with E-state index in [1.54, 1.807) is 7.11 Å². The van der Waals surface area contributed by atoms with Gasteiger partial charge in [0.25, 0.3) is 0 Å². The van der Waals surface area contributed by atoms with E-state index >= 15 is 0 Å². The number of rotatable bonds is 5. The third kappa shape index (κ3) is 3.99. The van der Waals surface area contributed by atoms with Crippen molar-refractivity contribution >= 4 is 5.78 Å². The van der Waals surface area contributed by atoms with Crippen LogP contribution in [0.3, 0.4) is 0 Å². The molecule has 2 aromatic carbocycles. The molecule has 0 aromatic heterocycles. The third-order valence-electron chi connectivity index (χ3n) is 4.40. The highest BCUT2D eigenvalue weighted by atomic mass is 16.5. The van der Waals surface area contributed by atoms with Gasteiger partial charge in [0.1, 0.15) is 5.75 Å². The molecular formula is C20H23NO2. The van der Waals surface area contributed by atoms with E-state index in [4.69, 9.17) is 4.74 Å². The molecule has 0 amide bonds. The Labute approximate surface area is 137 Å². The maximum absolute atomic E-state index is 12.6. The third-order valence-corrected chi connectivity index (χ3v) is 4.40. The van der Waals surface area contributed by atoms with E-state index in [0.717, 1.165) is 30.9 Å². The average Bonchev–Trinajstić information content (AvgIpc) is 2.62. The molecule has 0 spiro atoms. The van der Waals surface area contributed by atoms with Crippen molar-refractivity contribution in [1.82, 2.24) is 4.90 Å². The Morgan fingerprint density at radius 1 is 1.00 bits per heavy atom. The van der Waals surface area contributed by atoms with Crippen LogP contribution < -0.4 is 4.74 Å². The van der Waals surface area contributed by atoms with E-state index < -0.39 is 0 Å². The molecule has 1 fully saturated rings. The van der Waals surface area contributed by atoms with Crippen molar-refractivity contribution in [3.8, 4) is 5.75 Å². The lowest BCUT2D eigenvalue weighted by atomic mass is 10.0. The number of methoxy groups -OCH3 is 1. The summed E-state index contributed by atoms with van der Waals surface area (Å²) in [5.74, 6) is 0.827. The molecule has 120 valence electrons. The van der Waals surface area contributed by atoms with Gasteiger partial charge in [-0.1, -0.05) is 24.6 Å². The van der Waals surface area contributed by atoms with Crippen molar-refractivity contribution in [3.63, 3.8) is 0 Å². The standard InChI is InChI=1S/C20H23NO2/c1-23-19-10-8-17(9-11-19)20(22)18-7-5-6-16(14-18)15-21-12-3-2-4-13-21/h5-11,14H,2-4,12-13,15H2,1H3. The summed E-state index contributed by atoms with van der Waals surface area (Å²) in [6, 6.07) is 15.3. The summed E-state index contributed by atoms with van der Waals surface area (Å²) in [4.78, 5) is 15.1. The highest BCUT2D eigenvalue weighted by Crippen LogP contribution is 2.18. The van der Waals surface area contributed by atoms with Gasteiger partial charge in [-0.25, -0.2) is 0 Å². The van der Waals surface area contributed by atoms with Crippen molar-refractivity contribution in [3.05, 3.63) is 65.2 Å². The van der Waals surface area contributed by atoms with Crippen LogP contribution in [-0.4, -0.2) is 30.9 Å². The van der Waals surface area contributed by atoms with Crippen LogP contribution in [0.5, 0.6) is 5.75 Å². The molecule has 1 heterocycles. The Bertz CT molecular complexity index is 658. The van der Waals surface area contributed by atoms with Gasteiger partial charge in [-0.3, -0.25) is 9.69 Å². The van der Waals surface area contributed by atoms with E-state index in [9.17, 15) is 4.79 Å². The number of hydrogen-bond acceptors (Lipinski definition) is 3. The maximum Gasteiger partial charge on any atom is 0.193 e. The first-order valence-electron chi connectivity index (χ1n) is 8.26. The van der Waals surface area contributed by atoms with Gasteiger partial charge in [-0.2, -0.15) is 0 Å². The van der Waals surface area contributed by atoms with Gasteiger partial charge in [0.05, 0.1) is 7.11 Å². The summed E-state index contributed by atoms with van der Waals surface area (Å²) in [6.45, 7) is 3.26. The van der Waals surface area contributed by atoms with Gasteiger partial charge < -0.3 is 4.74 Å². The highest BCUT2D eigenvalue weighted by Gasteiger charge is 2.13. The van der Waals surface area contributed by atoms with Crippen LogP contribution in [0.1, 0.15) is 40.7 Å². The van der Waals surface area contributed by atoms with Crippen LogP contribution in [0.2, 0.25) is 0 Å². The minimum Gasteiger partial charge on any atom is -0.497 e. The summed E-state index contributed by atoms with van der Waals surface area (Å²) in [5.41, 5.74) is 2.66. The number of piperidine rings is 1. The lowest BCUT2D eigenvalue weighted by molar-refractivity contribution is 0.103. The number of hydrogen-bond donors (Lipinski definition) is 0. The summed E-state index contributed by atoms with van der Waals surface area (Å²) >= 11 is 0. The maximum atomic E-state index is 12.6. The minimum absolute atomic E-state index is 0.0631. The molecule has 0 bridgehead atoms. The van der Waals surface area contributed by atoms with Crippen molar-refractivity contribution in [2.45, 2.75) is 25.8 Å². The van der Waals surface area contributed by atoms with E-state index in [2.05, 4.69) is 11.0 Å². The van der Waals surface area contributed by atoms with Crippen molar-refractivity contribution in [2.75, 3.05) is 20.2 Å². The predicted octanol–water partition coefficient (Wildman–Crippen LogP) is 3.91. The highest BCUT2D eigenvalue weighted by molar-refractivity contribution is 6.09. The van der Waals surface area contributed by atoms with Crippen LogP contribution >= 0.6 is 0 Å². The predicted molar refractivity (Wildman–Crippen MR) is 92.0 cm³/mol. The normalized spacial score (nSPS) is 15.3. The molecule has 1 saturated heterocycles. The molecule has 0 radical (unpaired) electrons. The molecule has 1 aliphatic rings. The lowest BCUT2D eigenvalue weighted by Gasteiger charge is -2.26. The second-order valence-electron chi connectivity index (χ2n) is 6.09. The number of nitrogens with zero attached hydrogens (tertiary/aromatic N) is 1. The SMILES string of the molecule is COc1ccc(C(=O)c2cccc(CN3CCCCC3)c2)cc1. The smallest absolute Gasteiger partial charge is 0.193 e. The Hall–Kier alpha value is -2.13. The summed E-state index contributed by atoms with van der Waals surface area (Å²) < 4.78 is 5.14. The van der Waals surface area contributed by atoms with Crippen LogP contribution in [0, 0.1) is 0 Å². The van der Waals surface area contributed by atoms with E-state index in [0.29, 0.717) is 5.56 Å². The molecule has 0 unspecified atom stereocenters. The Morgan fingerprint density at radius 3 is 2.43 bits per heavy atom. The second-order valence-corrected chi connectivity index (χ2v) is 6.09. The number of carbonyl (C=O) groups is 1. The Morgan fingerprint density at radius 2 is 1.74 bits per heavy atom. The van der Waals surface area contributed by atoms with Crippen molar-refractivity contribution in [1.29, 1.82) is 0 Å². The molecule has 3 rings (SSSR count). The number of likely N-dealkylation sites (tertiary alicyclic amines) is 1. The number of ether oxygens (including phenoxy) is 1.